The fraction of sp³-hybridized carbons (Fsp3) is 1.00. The lowest BCUT2D eigenvalue weighted by Crippen LogP contribution is -2.41. The molecule has 0 spiro atoms. The summed E-state index contributed by atoms with van der Waals surface area (Å²) in [5.74, 6) is 0. The molecule has 0 heterocycles. The Hall–Kier alpha value is -0.130. The van der Waals surface area contributed by atoms with Crippen molar-refractivity contribution >= 4 is 10.0 Å². The van der Waals surface area contributed by atoms with Crippen LogP contribution < -0.4 is 10.0 Å². The summed E-state index contributed by atoms with van der Waals surface area (Å²) in [6.07, 6.45) is 1.97. The number of nitrogens with one attached hydrogen (secondary N) is 2. The van der Waals surface area contributed by atoms with Gasteiger partial charge in [-0.1, -0.05) is 20.8 Å². The predicted molar refractivity (Wildman–Crippen MR) is 66.9 cm³/mol. The highest BCUT2D eigenvalue weighted by molar-refractivity contribution is 7.90. The molecule has 0 aromatic rings. The van der Waals surface area contributed by atoms with Crippen LogP contribution in [0.4, 0.5) is 0 Å². The van der Waals surface area contributed by atoms with Crippen LogP contribution in [0.2, 0.25) is 0 Å². The fourth-order valence-corrected chi connectivity index (χ4v) is 2.94. The third kappa shape index (κ3) is 3.71. The van der Waals surface area contributed by atoms with Gasteiger partial charge in [0, 0.05) is 12.6 Å². The first-order chi connectivity index (χ1) is 7.29. The maximum atomic E-state index is 11.9. The maximum Gasteiger partial charge on any atom is 0.215 e. The Morgan fingerprint density at radius 2 is 2.00 bits per heavy atom. The molecule has 0 aromatic heterocycles. The molecule has 0 amide bonds. The van der Waals surface area contributed by atoms with Crippen LogP contribution in [-0.2, 0) is 10.0 Å². The van der Waals surface area contributed by atoms with Crippen molar-refractivity contribution in [3.63, 3.8) is 0 Å². The van der Waals surface area contributed by atoms with Crippen LogP contribution in [0.25, 0.3) is 0 Å². The molecular formula is C11H24N2O2S. The smallest absolute Gasteiger partial charge is 0.215 e. The first kappa shape index (κ1) is 13.9. The molecule has 0 aliphatic heterocycles. The van der Waals surface area contributed by atoms with Crippen molar-refractivity contribution in [3.05, 3.63) is 0 Å². The van der Waals surface area contributed by atoms with E-state index >= 15 is 0 Å². The molecule has 1 aliphatic rings. The Kier molecular flexibility index (Phi) is 4.37. The molecule has 96 valence electrons. The number of sulfonamides is 1. The third-order valence-electron chi connectivity index (χ3n) is 3.21. The summed E-state index contributed by atoms with van der Waals surface area (Å²) in [6.45, 7) is 9.38. The molecule has 4 nitrogen and oxygen atoms in total. The van der Waals surface area contributed by atoms with Crippen LogP contribution in [0, 0.1) is 5.41 Å². The number of hydrogen-bond acceptors (Lipinski definition) is 3. The minimum Gasteiger partial charge on any atom is -0.315 e. The van der Waals surface area contributed by atoms with E-state index in [2.05, 4.69) is 30.8 Å². The summed E-state index contributed by atoms with van der Waals surface area (Å²) in [5, 5.41) is 2.77. The predicted octanol–water partition coefficient (Wildman–Crippen LogP) is 1.09. The van der Waals surface area contributed by atoms with E-state index in [0.717, 1.165) is 19.4 Å². The standard InChI is InChI=1S/C11H24N2O2S/c1-5-6-12-8-9(2)16(14,15)13-10-7-11(10,3)4/h9-10,12-13H,5-8H2,1-4H3. The van der Waals surface area contributed by atoms with Crippen LogP contribution in [0.15, 0.2) is 0 Å². The monoisotopic (exact) mass is 248 g/mol. The van der Waals surface area contributed by atoms with E-state index in [0.29, 0.717) is 6.54 Å². The van der Waals surface area contributed by atoms with Crippen molar-refractivity contribution in [1.29, 1.82) is 0 Å². The lowest BCUT2D eigenvalue weighted by Gasteiger charge is -2.15. The zero-order valence-corrected chi connectivity index (χ0v) is 11.5. The molecule has 1 rings (SSSR count). The molecule has 0 bridgehead atoms. The summed E-state index contributed by atoms with van der Waals surface area (Å²) in [5.41, 5.74) is 0.142. The van der Waals surface area contributed by atoms with Gasteiger partial charge < -0.3 is 5.32 Å². The van der Waals surface area contributed by atoms with Crippen LogP contribution >= 0.6 is 0 Å². The highest BCUT2D eigenvalue weighted by atomic mass is 32.2. The van der Waals surface area contributed by atoms with Crippen molar-refractivity contribution in [2.24, 2.45) is 5.41 Å². The zero-order chi connectivity index (χ0) is 12.4. The summed E-state index contributed by atoms with van der Waals surface area (Å²) in [4.78, 5) is 0. The van der Waals surface area contributed by atoms with E-state index in [4.69, 9.17) is 0 Å². The van der Waals surface area contributed by atoms with Crippen molar-refractivity contribution in [2.75, 3.05) is 13.1 Å². The van der Waals surface area contributed by atoms with Gasteiger partial charge in [0.2, 0.25) is 10.0 Å². The molecule has 0 saturated heterocycles. The number of hydrogen-bond donors (Lipinski definition) is 2. The third-order valence-corrected chi connectivity index (χ3v) is 5.05. The SMILES string of the molecule is CCCNCC(C)S(=O)(=O)NC1CC1(C)C. The van der Waals surface area contributed by atoms with E-state index in [1.165, 1.54) is 0 Å². The minimum atomic E-state index is -3.16. The van der Waals surface area contributed by atoms with Gasteiger partial charge in [0.05, 0.1) is 5.25 Å². The molecular weight excluding hydrogens is 224 g/mol. The Labute approximate surface area is 99.2 Å². The normalized spacial score (nSPS) is 25.4. The Balaban J connectivity index is 2.38. The molecule has 2 unspecified atom stereocenters. The average Bonchev–Trinajstić information content (AvgIpc) is 2.72. The highest BCUT2D eigenvalue weighted by Gasteiger charge is 2.48. The summed E-state index contributed by atoms with van der Waals surface area (Å²) < 4.78 is 26.6. The highest BCUT2D eigenvalue weighted by Crippen LogP contribution is 2.45. The maximum absolute atomic E-state index is 11.9. The van der Waals surface area contributed by atoms with Crippen LogP contribution in [0.5, 0.6) is 0 Å². The molecule has 2 N–H and O–H groups in total. The lowest BCUT2D eigenvalue weighted by atomic mass is 10.2. The van der Waals surface area contributed by atoms with E-state index in [1.807, 2.05) is 0 Å². The molecule has 5 heteroatoms. The van der Waals surface area contributed by atoms with Gasteiger partial charge in [-0.25, -0.2) is 13.1 Å². The van der Waals surface area contributed by atoms with Gasteiger partial charge in [-0.15, -0.1) is 0 Å². The summed E-state index contributed by atoms with van der Waals surface area (Å²) in [7, 11) is -3.16. The van der Waals surface area contributed by atoms with Gasteiger partial charge in [0.1, 0.15) is 0 Å². The molecule has 1 aliphatic carbocycles. The summed E-state index contributed by atoms with van der Waals surface area (Å²) in [6, 6.07) is 0.131. The van der Waals surface area contributed by atoms with Crippen molar-refractivity contribution in [2.45, 2.75) is 51.8 Å². The average molecular weight is 248 g/mol. The van der Waals surface area contributed by atoms with E-state index in [1.54, 1.807) is 6.92 Å². The molecule has 0 aromatic carbocycles. The van der Waals surface area contributed by atoms with Crippen molar-refractivity contribution in [3.8, 4) is 0 Å². The van der Waals surface area contributed by atoms with Crippen molar-refractivity contribution < 1.29 is 8.42 Å². The first-order valence-electron chi connectivity index (χ1n) is 6.01. The van der Waals surface area contributed by atoms with Gasteiger partial charge in [-0.2, -0.15) is 0 Å². The number of rotatable bonds is 7. The molecule has 0 radical (unpaired) electrons. The topological polar surface area (TPSA) is 58.2 Å². The quantitative estimate of drug-likeness (QED) is 0.663. The summed E-state index contributed by atoms with van der Waals surface area (Å²) >= 11 is 0. The van der Waals surface area contributed by atoms with Gasteiger partial charge in [0.25, 0.3) is 0 Å². The van der Waals surface area contributed by atoms with E-state index in [9.17, 15) is 8.42 Å². The van der Waals surface area contributed by atoms with Crippen LogP contribution in [0.3, 0.4) is 0 Å². The Morgan fingerprint density at radius 3 is 2.44 bits per heavy atom. The van der Waals surface area contributed by atoms with Crippen LogP contribution in [0.1, 0.15) is 40.5 Å². The Bertz CT molecular complexity index is 325. The Morgan fingerprint density at radius 1 is 1.44 bits per heavy atom. The van der Waals surface area contributed by atoms with Crippen LogP contribution in [-0.4, -0.2) is 32.8 Å². The van der Waals surface area contributed by atoms with Crippen molar-refractivity contribution in [1.82, 2.24) is 10.0 Å². The van der Waals surface area contributed by atoms with Gasteiger partial charge >= 0.3 is 0 Å². The van der Waals surface area contributed by atoms with E-state index < -0.39 is 10.0 Å². The molecule has 1 fully saturated rings. The minimum absolute atomic E-state index is 0.131. The fourth-order valence-electron chi connectivity index (χ4n) is 1.57. The molecule has 1 saturated carbocycles. The largest absolute Gasteiger partial charge is 0.315 e. The first-order valence-corrected chi connectivity index (χ1v) is 7.56. The van der Waals surface area contributed by atoms with Gasteiger partial charge in [-0.3, -0.25) is 0 Å². The second-order valence-corrected chi connectivity index (χ2v) is 7.55. The lowest BCUT2D eigenvalue weighted by molar-refractivity contribution is 0.538. The second kappa shape index (κ2) is 5.02. The van der Waals surface area contributed by atoms with E-state index in [-0.39, 0.29) is 16.7 Å². The van der Waals surface area contributed by atoms with Gasteiger partial charge in [-0.05, 0) is 31.7 Å². The molecule has 16 heavy (non-hydrogen) atoms. The zero-order valence-electron chi connectivity index (χ0n) is 10.7. The van der Waals surface area contributed by atoms with Gasteiger partial charge in [0.15, 0.2) is 0 Å². The second-order valence-electron chi connectivity index (χ2n) is 5.42. The molecule has 2 atom stereocenters.